The Morgan fingerprint density at radius 2 is 2.25 bits per heavy atom. The van der Waals surface area contributed by atoms with E-state index < -0.39 is 0 Å². The van der Waals surface area contributed by atoms with Crippen molar-refractivity contribution in [1.29, 1.82) is 5.26 Å². The summed E-state index contributed by atoms with van der Waals surface area (Å²) in [6.45, 7) is 5.44. The summed E-state index contributed by atoms with van der Waals surface area (Å²) in [4.78, 5) is 10.8. The van der Waals surface area contributed by atoms with Crippen LogP contribution in [0.2, 0.25) is 0 Å². The molecule has 20 heavy (non-hydrogen) atoms. The van der Waals surface area contributed by atoms with E-state index in [-0.39, 0.29) is 0 Å². The van der Waals surface area contributed by atoms with Gasteiger partial charge in [0.15, 0.2) is 11.5 Å². The number of hydrogen-bond acceptors (Lipinski definition) is 5. The van der Waals surface area contributed by atoms with Crippen molar-refractivity contribution in [1.82, 2.24) is 14.9 Å². The average molecular weight is 273 g/mol. The predicted octanol–water partition coefficient (Wildman–Crippen LogP) is 2.41. The molecule has 1 atom stereocenters. The number of nitrogens with one attached hydrogen (secondary N) is 1. The first-order chi connectivity index (χ1) is 9.85. The van der Waals surface area contributed by atoms with Gasteiger partial charge in [0.05, 0.1) is 0 Å². The van der Waals surface area contributed by atoms with E-state index in [0.717, 1.165) is 6.54 Å². The Balaban J connectivity index is 1.92. The van der Waals surface area contributed by atoms with Crippen LogP contribution in [-0.4, -0.2) is 40.5 Å². The Labute approximate surface area is 121 Å². The molecule has 2 heterocycles. The third-order valence-electron chi connectivity index (χ3n) is 3.86. The molecular weight excluding hydrogens is 250 g/mol. The van der Waals surface area contributed by atoms with Gasteiger partial charge in [0.25, 0.3) is 0 Å². The maximum atomic E-state index is 9.02. The Bertz CT molecular complexity index is 454. The van der Waals surface area contributed by atoms with Gasteiger partial charge in [0.2, 0.25) is 0 Å². The van der Waals surface area contributed by atoms with E-state index in [1.807, 2.05) is 0 Å². The quantitative estimate of drug-likeness (QED) is 0.862. The molecule has 1 aliphatic rings. The Hall–Kier alpha value is -1.67. The fraction of sp³-hybridized carbons (Fsp3) is 0.667. The number of aromatic nitrogens is 2. The Morgan fingerprint density at radius 3 is 3.05 bits per heavy atom. The van der Waals surface area contributed by atoms with Crippen LogP contribution in [0.15, 0.2) is 12.4 Å². The van der Waals surface area contributed by atoms with Gasteiger partial charge in [0.1, 0.15) is 6.07 Å². The third kappa shape index (κ3) is 3.91. The predicted molar refractivity (Wildman–Crippen MR) is 79.4 cm³/mol. The summed E-state index contributed by atoms with van der Waals surface area (Å²) in [6.07, 6.45) is 9.48. The monoisotopic (exact) mass is 273 g/mol. The second-order valence-electron chi connectivity index (χ2n) is 5.29. The van der Waals surface area contributed by atoms with Gasteiger partial charge in [-0.25, -0.2) is 9.97 Å². The molecule has 0 bridgehead atoms. The summed E-state index contributed by atoms with van der Waals surface area (Å²) in [6, 6.07) is 2.62. The van der Waals surface area contributed by atoms with Crippen LogP contribution in [0, 0.1) is 11.3 Å². The SMILES string of the molecule is CCCCN1CCCCC1CNc1nccnc1C#N. The molecule has 0 aromatic carbocycles. The van der Waals surface area contributed by atoms with Gasteiger partial charge in [-0.3, -0.25) is 4.90 Å². The molecule has 0 saturated carbocycles. The van der Waals surface area contributed by atoms with Gasteiger partial charge in [-0.1, -0.05) is 19.8 Å². The zero-order chi connectivity index (χ0) is 14.2. The van der Waals surface area contributed by atoms with E-state index in [1.165, 1.54) is 45.2 Å². The topological polar surface area (TPSA) is 64.8 Å². The number of anilines is 1. The molecule has 1 aliphatic heterocycles. The van der Waals surface area contributed by atoms with Crippen molar-refractivity contribution in [3.8, 4) is 6.07 Å². The fourth-order valence-electron chi connectivity index (χ4n) is 2.71. The van der Waals surface area contributed by atoms with Crippen molar-refractivity contribution < 1.29 is 0 Å². The number of rotatable bonds is 6. The van der Waals surface area contributed by atoms with Crippen molar-refractivity contribution >= 4 is 5.82 Å². The minimum Gasteiger partial charge on any atom is -0.366 e. The Kier molecular flexibility index (Phi) is 5.75. The van der Waals surface area contributed by atoms with Gasteiger partial charge >= 0.3 is 0 Å². The summed E-state index contributed by atoms with van der Waals surface area (Å²) in [5.41, 5.74) is 0.378. The zero-order valence-corrected chi connectivity index (χ0v) is 12.2. The smallest absolute Gasteiger partial charge is 0.182 e. The lowest BCUT2D eigenvalue weighted by Gasteiger charge is -2.35. The molecule has 2 rings (SSSR count). The van der Waals surface area contributed by atoms with Gasteiger partial charge in [-0.05, 0) is 32.4 Å². The number of piperidine rings is 1. The van der Waals surface area contributed by atoms with E-state index in [9.17, 15) is 0 Å². The van der Waals surface area contributed by atoms with Crippen LogP contribution >= 0.6 is 0 Å². The molecule has 1 fully saturated rings. The number of hydrogen-bond donors (Lipinski definition) is 1. The highest BCUT2D eigenvalue weighted by molar-refractivity contribution is 5.46. The van der Waals surface area contributed by atoms with Crippen LogP contribution in [0.5, 0.6) is 0 Å². The lowest BCUT2D eigenvalue weighted by molar-refractivity contribution is 0.154. The number of unbranched alkanes of at least 4 members (excludes halogenated alkanes) is 1. The molecule has 5 heteroatoms. The van der Waals surface area contributed by atoms with E-state index >= 15 is 0 Å². The van der Waals surface area contributed by atoms with E-state index in [0.29, 0.717) is 17.6 Å². The highest BCUT2D eigenvalue weighted by Crippen LogP contribution is 2.18. The van der Waals surface area contributed by atoms with Crippen LogP contribution in [0.3, 0.4) is 0 Å². The molecule has 1 saturated heterocycles. The average Bonchev–Trinajstić information content (AvgIpc) is 2.52. The highest BCUT2D eigenvalue weighted by Gasteiger charge is 2.21. The molecule has 1 N–H and O–H groups in total. The normalized spacial score (nSPS) is 19.5. The van der Waals surface area contributed by atoms with Crippen molar-refractivity contribution in [3.05, 3.63) is 18.1 Å². The number of nitrogens with zero attached hydrogens (tertiary/aromatic N) is 4. The summed E-state index contributed by atoms with van der Waals surface area (Å²) in [5.74, 6) is 0.607. The molecule has 0 radical (unpaired) electrons. The van der Waals surface area contributed by atoms with Crippen molar-refractivity contribution in [3.63, 3.8) is 0 Å². The van der Waals surface area contributed by atoms with Crippen LogP contribution in [0.1, 0.15) is 44.7 Å². The van der Waals surface area contributed by atoms with E-state index in [2.05, 4.69) is 33.2 Å². The summed E-state index contributed by atoms with van der Waals surface area (Å²) in [7, 11) is 0. The largest absolute Gasteiger partial charge is 0.366 e. The van der Waals surface area contributed by atoms with Crippen molar-refractivity contribution in [2.75, 3.05) is 25.0 Å². The number of nitriles is 1. The second-order valence-corrected chi connectivity index (χ2v) is 5.29. The lowest BCUT2D eigenvalue weighted by atomic mass is 10.0. The summed E-state index contributed by atoms with van der Waals surface area (Å²) < 4.78 is 0. The van der Waals surface area contributed by atoms with Crippen molar-refractivity contribution in [2.45, 2.75) is 45.1 Å². The first kappa shape index (κ1) is 14.7. The number of likely N-dealkylation sites (tertiary alicyclic amines) is 1. The van der Waals surface area contributed by atoms with Crippen molar-refractivity contribution in [2.24, 2.45) is 0 Å². The molecule has 0 spiro atoms. The van der Waals surface area contributed by atoms with Crippen LogP contribution < -0.4 is 5.32 Å². The minimum atomic E-state index is 0.378. The molecule has 108 valence electrons. The third-order valence-corrected chi connectivity index (χ3v) is 3.86. The molecule has 0 aliphatic carbocycles. The standard InChI is InChI=1S/C15H23N5/c1-2-3-9-20-10-5-4-6-13(20)12-19-15-14(11-16)17-7-8-18-15/h7-8,13H,2-6,9-10,12H2,1H3,(H,18,19). The van der Waals surface area contributed by atoms with Crippen LogP contribution in [0.25, 0.3) is 0 Å². The second kappa shape index (κ2) is 7.81. The maximum absolute atomic E-state index is 9.02. The lowest BCUT2D eigenvalue weighted by Crippen LogP contribution is -2.44. The molecular formula is C15H23N5. The van der Waals surface area contributed by atoms with Gasteiger partial charge < -0.3 is 5.32 Å². The Morgan fingerprint density at radius 1 is 1.40 bits per heavy atom. The maximum Gasteiger partial charge on any atom is 0.182 e. The zero-order valence-electron chi connectivity index (χ0n) is 12.2. The molecule has 1 unspecified atom stereocenters. The summed E-state index contributed by atoms with van der Waals surface area (Å²) in [5, 5.41) is 12.3. The first-order valence-corrected chi connectivity index (χ1v) is 7.54. The van der Waals surface area contributed by atoms with Gasteiger partial charge in [-0.2, -0.15) is 5.26 Å². The highest BCUT2D eigenvalue weighted by atomic mass is 15.2. The molecule has 1 aromatic heterocycles. The van der Waals surface area contributed by atoms with Gasteiger partial charge in [-0.15, -0.1) is 0 Å². The molecule has 0 amide bonds. The molecule has 5 nitrogen and oxygen atoms in total. The van der Waals surface area contributed by atoms with Gasteiger partial charge in [0, 0.05) is 25.0 Å². The van der Waals surface area contributed by atoms with E-state index in [4.69, 9.17) is 5.26 Å². The van der Waals surface area contributed by atoms with Crippen LogP contribution in [-0.2, 0) is 0 Å². The minimum absolute atomic E-state index is 0.378. The first-order valence-electron chi connectivity index (χ1n) is 7.54. The molecule has 1 aromatic rings. The van der Waals surface area contributed by atoms with Crippen LogP contribution in [0.4, 0.5) is 5.82 Å². The summed E-state index contributed by atoms with van der Waals surface area (Å²) >= 11 is 0. The van der Waals surface area contributed by atoms with E-state index in [1.54, 1.807) is 12.4 Å². The fourth-order valence-corrected chi connectivity index (χ4v) is 2.71.